The maximum Gasteiger partial charge on any atom is 0.246 e. The summed E-state index contributed by atoms with van der Waals surface area (Å²) in [4.78, 5) is 12.2. The van der Waals surface area contributed by atoms with Crippen LogP contribution < -0.4 is 11.1 Å². The number of carbonyl (C=O) groups excluding carboxylic acids is 1. The monoisotopic (exact) mass is 308 g/mol. The van der Waals surface area contributed by atoms with Crippen molar-refractivity contribution in [2.75, 3.05) is 5.32 Å². The molecule has 0 radical (unpaired) electrons. The normalized spacial score (nSPS) is 10.3. The summed E-state index contributed by atoms with van der Waals surface area (Å²) in [6.07, 6.45) is 1.61. The van der Waals surface area contributed by atoms with Crippen molar-refractivity contribution in [3.8, 4) is 0 Å². The van der Waals surface area contributed by atoms with Crippen molar-refractivity contribution in [2.45, 2.75) is 13.5 Å². The number of rotatable bonds is 4. The van der Waals surface area contributed by atoms with Crippen molar-refractivity contribution in [3.63, 3.8) is 0 Å². The second-order valence-electron chi connectivity index (χ2n) is 4.22. The van der Waals surface area contributed by atoms with Crippen LogP contribution >= 0.6 is 23.8 Å². The van der Waals surface area contributed by atoms with Crippen LogP contribution in [-0.4, -0.2) is 20.7 Å². The summed E-state index contributed by atoms with van der Waals surface area (Å²) in [5, 5.41) is 7.41. The highest BCUT2D eigenvalue weighted by Crippen LogP contribution is 2.15. The Morgan fingerprint density at radius 2 is 2.20 bits per heavy atom. The molecule has 3 N–H and O–H groups in total. The summed E-state index contributed by atoms with van der Waals surface area (Å²) in [6, 6.07) is 7.10. The van der Waals surface area contributed by atoms with Crippen LogP contribution in [0.1, 0.15) is 11.3 Å². The van der Waals surface area contributed by atoms with E-state index < -0.39 is 0 Å². The van der Waals surface area contributed by atoms with Gasteiger partial charge in [-0.05, 0) is 19.1 Å². The Hall–Kier alpha value is -1.92. The first kappa shape index (κ1) is 14.5. The SMILES string of the molecule is Cc1nn(CC(=O)Nc2ccccc2C(N)=S)cc1Cl. The van der Waals surface area contributed by atoms with Gasteiger partial charge >= 0.3 is 0 Å². The third-order valence-corrected chi connectivity index (χ3v) is 3.25. The van der Waals surface area contributed by atoms with Crippen LogP contribution in [0.4, 0.5) is 5.69 Å². The molecule has 1 aromatic heterocycles. The molecule has 0 unspecified atom stereocenters. The minimum Gasteiger partial charge on any atom is -0.389 e. The number of aromatic nitrogens is 2. The third-order valence-electron chi connectivity index (χ3n) is 2.66. The molecule has 0 aliphatic rings. The number of halogens is 1. The Bertz CT molecular complexity index is 649. The highest BCUT2D eigenvalue weighted by atomic mass is 35.5. The molecule has 7 heteroatoms. The molecule has 20 heavy (non-hydrogen) atoms. The summed E-state index contributed by atoms with van der Waals surface area (Å²) in [7, 11) is 0. The minimum absolute atomic E-state index is 0.0687. The molecule has 0 bridgehead atoms. The fourth-order valence-corrected chi connectivity index (χ4v) is 2.05. The molecule has 0 spiro atoms. The molecule has 0 atom stereocenters. The second kappa shape index (κ2) is 6.02. The molecule has 0 saturated carbocycles. The van der Waals surface area contributed by atoms with Crippen molar-refractivity contribution in [3.05, 3.63) is 46.7 Å². The number of nitrogens with zero attached hydrogens (tertiary/aromatic N) is 2. The highest BCUT2D eigenvalue weighted by molar-refractivity contribution is 7.80. The molecular weight excluding hydrogens is 296 g/mol. The molecule has 0 aliphatic heterocycles. The minimum atomic E-state index is -0.229. The van der Waals surface area contributed by atoms with Gasteiger partial charge in [0.15, 0.2) is 0 Å². The third kappa shape index (κ3) is 3.34. The maximum absolute atomic E-state index is 12.0. The number of hydrogen-bond donors (Lipinski definition) is 2. The zero-order valence-corrected chi connectivity index (χ0v) is 12.3. The zero-order chi connectivity index (χ0) is 14.7. The standard InChI is InChI=1S/C13H13ClN4OS/c1-8-10(14)6-18(17-8)7-12(19)16-11-5-3-2-4-9(11)13(15)20/h2-6H,7H2,1H3,(H2,15,20)(H,16,19). The number of aryl methyl sites for hydroxylation is 1. The van der Waals surface area contributed by atoms with Gasteiger partial charge in [-0.2, -0.15) is 5.10 Å². The number of anilines is 1. The molecule has 1 heterocycles. The summed E-state index contributed by atoms with van der Waals surface area (Å²) in [5.41, 5.74) is 7.51. The van der Waals surface area contributed by atoms with Crippen molar-refractivity contribution in [1.82, 2.24) is 9.78 Å². The van der Waals surface area contributed by atoms with Crippen LogP contribution in [0.5, 0.6) is 0 Å². The van der Waals surface area contributed by atoms with Gasteiger partial charge in [-0.25, -0.2) is 0 Å². The van der Waals surface area contributed by atoms with E-state index in [9.17, 15) is 4.79 Å². The molecule has 2 aromatic rings. The first-order chi connectivity index (χ1) is 9.47. The van der Waals surface area contributed by atoms with E-state index >= 15 is 0 Å². The molecule has 2 rings (SSSR count). The van der Waals surface area contributed by atoms with E-state index in [0.717, 1.165) is 0 Å². The van der Waals surface area contributed by atoms with E-state index in [1.54, 1.807) is 37.4 Å². The Labute approximate surface area is 126 Å². The van der Waals surface area contributed by atoms with Gasteiger partial charge in [0.25, 0.3) is 0 Å². The lowest BCUT2D eigenvalue weighted by Gasteiger charge is -2.09. The first-order valence-corrected chi connectivity index (χ1v) is 6.64. The van der Waals surface area contributed by atoms with Crippen LogP contribution in [0.2, 0.25) is 5.02 Å². The van der Waals surface area contributed by atoms with Gasteiger partial charge in [0.1, 0.15) is 11.5 Å². The Morgan fingerprint density at radius 1 is 1.50 bits per heavy atom. The number of carbonyl (C=O) groups is 1. The van der Waals surface area contributed by atoms with E-state index in [1.165, 1.54) is 4.68 Å². The van der Waals surface area contributed by atoms with E-state index in [-0.39, 0.29) is 17.4 Å². The molecule has 104 valence electrons. The van der Waals surface area contributed by atoms with E-state index in [0.29, 0.717) is 22.0 Å². The van der Waals surface area contributed by atoms with E-state index in [1.807, 2.05) is 0 Å². The molecule has 5 nitrogen and oxygen atoms in total. The predicted molar refractivity (Wildman–Crippen MR) is 82.9 cm³/mol. The highest BCUT2D eigenvalue weighted by Gasteiger charge is 2.10. The van der Waals surface area contributed by atoms with Crippen molar-refractivity contribution >= 4 is 40.4 Å². The van der Waals surface area contributed by atoms with Crippen LogP contribution in [-0.2, 0) is 11.3 Å². The molecule has 1 amide bonds. The zero-order valence-electron chi connectivity index (χ0n) is 10.8. The Morgan fingerprint density at radius 3 is 2.80 bits per heavy atom. The van der Waals surface area contributed by atoms with Crippen LogP contribution in [0.15, 0.2) is 30.5 Å². The molecule has 0 saturated heterocycles. The van der Waals surface area contributed by atoms with Crippen molar-refractivity contribution in [2.24, 2.45) is 5.73 Å². The number of nitrogens with one attached hydrogen (secondary N) is 1. The van der Waals surface area contributed by atoms with E-state index in [4.69, 9.17) is 29.6 Å². The topological polar surface area (TPSA) is 72.9 Å². The van der Waals surface area contributed by atoms with Gasteiger partial charge in [0, 0.05) is 11.8 Å². The van der Waals surface area contributed by atoms with Gasteiger partial charge in [-0.3, -0.25) is 9.48 Å². The van der Waals surface area contributed by atoms with Gasteiger partial charge in [0.05, 0.1) is 16.4 Å². The number of para-hydroxylation sites is 1. The largest absolute Gasteiger partial charge is 0.389 e. The second-order valence-corrected chi connectivity index (χ2v) is 5.07. The van der Waals surface area contributed by atoms with Gasteiger partial charge in [-0.1, -0.05) is 36.0 Å². The molecular formula is C13H13ClN4OS. The van der Waals surface area contributed by atoms with Gasteiger partial charge < -0.3 is 11.1 Å². The fourth-order valence-electron chi connectivity index (χ4n) is 1.72. The number of nitrogens with two attached hydrogens (primary N) is 1. The number of benzene rings is 1. The average Bonchev–Trinajstić information content (AvgIpc) is 2.68. The maximum atomic E-state index is 12.0. The lowest BCUT2D eigenvalue weighted by molar-refractivity contribution is -0.116. The van der Waals surface area contributed by atoms with Crippen LogP contribution in [0, 0.1) is 6.92 Å². The lowest BCUT2D eigenvalue weighted by atomic mass is 10.2. The van der Waals surface area contributed by atoms with Crippen LogP contribution in [0.3, 0.4) is 0 Å². The van der Waals surface area contributed by atoms with E-state index in [2.05, 4.69) is 10.4 Å². The molecule has 0 aliphatic carbocycles. The first-order valence-electron chi connectivity index (χ1n) is 5.85. The summed E-state index contributed by atoms with van der Waals surface area (Å²) in [5.74, 6) is -0.229. The van der Waals surface area contributed by atoms with Gasteiger partial charge in [-0.15, -0.1) is 0 Å². The van der Waals surface area contributed by atoms with Crippen molar-refractivity contribution in [1.29, 1.82) is 0 Å². The molecule has 0 fully saturated rings. The number of amides is 1. The number of hydrogen-bond acceptors (Lipinski definition) is 3. The average molecular weight is 309 g/mol. The molecule has 1 aromatic carbocycles. The smallest absolute Gasteiger partial charge is 0.246 e. The fraction of sp³-hybridized carbons (Fsp3) is 0.154. The predicted octanol–water partition coefficient (Wildman–Crippen LogP) is 2.12. The quantitative estimate of drug-likeness (QED) is 0.849. The van der Waals surface area contributed by atoms with Gasteiger partial charge in [0.2, 0.25) is 5.91 Å². The summed E-state index contributed by atoms with van der Waals surface area (Å²) < 4.78 is 1.48. The Kier molecular flexibility index (Phi) is 4.36. The number of thiocarbonyl (C=S) groups is 1. The summed E-state index contributed by atoms with van der Waals surface area (Å²) >= 11 is 10.8. The van der Waals surface area contributed by atoms with Crippen molar-refractivity contribution < 1.29 is 4.79 Å². The lowest BCUT2D eigenvalue weighted by Crippen LogP contribution is -2.21. The summed E-state index contributed by atoms with van der Waals surface area (Å²) in [6.45, 7) is 1.85. The van der Waals surface area contributed by atoms with Crippen LogP contribution in [0.25, 0.3) is 0 Å². The Balaban J connectivity index is 2.10.